The third kappa shape index (κ3) is 3.46. The summed E-state index contributed by atoms with van der Waals surface area (Å²) in [6, 6.07) is 4.79. The van der Waals surface area contributed by atoms with Crippen LogP contribution in [-0.2, 0) is 11.3 Å². The Balaban J connectivity index is 2.04. The largest absolute Gasteiger partial charge is 0.484 e. The monoisotopic (exact) mass is 280 g/mol. The van der Waals surface area contributed by atoms with Gasteiger partial charge in [-0.15, -0.1) is 0 Å². The van der Waals surface area contributed by atoms with Crippen molar-refractivity contribution in [2.24, 2.45) is 5.73 Å². The quantitative estimate of drug-likeness (QED) is 0.661. The third-order valence-electron chi connectivity index (χ3n) is 3.43. The fourth-order valence-corrected chi connectivity index (χ4v) is 2.33. The zero-order valence-electron chi connectivity index (χ0n) is 11.8. The molecule has 1 saturated heterocycles. The fourth-order valence-electron chi connectivity index (χ4n) is 2.33. The zero-order valence-corrected chi connectivity index (χ0v) is 11.8. The summed E-state index contributed by atoms with van der Waals surface area (Å²) in [5, 5.41) is 11.0. The molecule has 1 atom stereocenters. The highest BCUT2D eigenvalue weighted by Gasteiger charge is 2.32. The van der Waals surface area contributed by atoms with E-state index in [0.717, 1.165) is 12.8 Å². The van der Waals surface area contributed by atoms with Crippen LogP contribution in [0, 0.1) is 10.1 Å². The molecular formula is C14H20N2O4. The average Bonchev–Trinajstić information content (AvgIpc) is 2.75. The third-order valence-corrected chi connectivity index (χ3v) is 3.43. The van der Waals surface area contributed by atoms with Crippen LogP contribution in [0.3, 0.4) is 0 Å². The molecule has 1 aliphatic rings. The maximum absolute atomic E-state index is 11.0. The lowest BCUT2D eigenvalue weighted by Crippen LogP contribution is -2.24. The molecule has 1 fully saturated rings. The predicted molar refractivity (Wildman–Crippen MR) is 74.7 cm³/mol. The summed E-state index contributed by atoms with van der Waals surface area (Å²) >= 11 is 0. The first kappa shape index (κ1) is 14.7. The van der Waals surface area contributed by atoms with Gasteiger partial charge in [-0.1, -0.05) is 6.07 Å². The molecule has 0 radical (unpaired) electrons. The molecule has 1 aromatic carbocycles. The van der Waals surface area contributed by atoms with Gasteiger partial charge in [-0.25, -0.2) is 0 Å². The van der Waals surface area contributed by atoms with Crippen molar-refractivity contribution < 1.29 is 14.4 Å². The van der Waals surface area contributed by atoms with Gasteiger partial charge in [0.25, 0.3) is 0 Å². The molecule has 6 nitrogen and oxygen atoms in total. The number of rotatable bonds is 5. The minimum atomic E-state index is -0.450. The molecule has 6 heteroatoms. The second-order valence-electron chi connectivity index (χ2n) is 5.61. The summed E-state index contributed by atoms with van der Waals surface area (Å²) in [5.41, 5.74) is 6.01. The molecule has 1 heterocycles. The number of benzene rings is 1. The number of nitro groups is 1. The number of nitrogens with zero attached hydrogens (tertiary/aromatic N) is 1. The van der Waals surface area contributed by atoms with E-state index in [2.05, 4.69) is 0 Å². The van der Waals surface area contributed by atoms with Gasteiger partial charge in [0.2, 0.25) is 0 Å². The van der Waals surface area contributed by atoms with Gasteiger partial charge in [-0.2, -0.15) is 0 Å². The Kier molecular flexibility index (Phi) is 4.25. The first-order valence-corrected chi connectivity index (χ1v) is 6.69. The molecule has 2 N–H and O–H groups in total. The van der Waals surface area contributed by atoms with Crippen molar-refractivity contribution in [1.29, 1.82) is 0 Å². The van der Waals surface area contributed by atoms with E-state index in [-0.39, 0.29) is 29.7 Å². The maximum Gasteiger partial charge on any atom is 0.311 e. The minimum Gasteiger partial charge on any atom is -0.484 e. The predicted octanol–water partition coefficient (Wildman–Crippen LogP) is 2.39. The van der Waals surface area contributed by atoms with Crippen LogP contribution in [0.2, 0.25) is 0 Å². The lowest BCUT2D eigenvalue weighted by atomic mass is 10.1. The van der Waals surface area contributed by atoms with Crippen molar-refractivity contribution in [2.45, 2.75) is 44.9 Å². The smallest absolute Gasteiger partial charge is 0.311 e. The van der Waals surface area contributed by atoms with E-state index in [0.29, 0.717) is 12.2 Å². The lowest BCUT2D eigenvalue weighted by molar-refractivity contribution is -0.386. The second-order valence-corrected chi connectivity index (χ2v) is 5.61. The van der Waals surface area contributed by atoms with Crippen LogP contribution < -0.4 is 10.5 Å². The summed E-state index contributed by atoms with van der Waals surface area (Å²) in [7, 11) is 0. The number of hydrogen-bond acceptors (Lipinski definition) is 5. The molecule has 1 aliphatic heterocycles. The van der Waals surface area contributed by atoms with Crippen molar-refractivity contribution in [2.75, 3.05) is 6.61 Å². The van der Waals surface area contributed by atoms with Crippen LogP contribution in [0.5, 0.6) is 5.75 Å². The molecule has 20 heavy (non-hydrogen) atoms. The second kappa shape index (κ2) is 5.76. The van der Waals surface area contributed by atoms with Gasteiger partial charge in [-0.05, 0) is 38.3 Å². The Morgan fingerprint density at radius 3 is 2.85 bits per heavy atom. The topological polar surface area (TPSA) is 87.6 Å². The van der Waals surface area contributed by atoms with E-state index in [4.69, 9.17) is 15.2 Å². The van der Waals surface area contributed by atoms with E-state index in [9.17, 15) is 10.1 Å². The maximum atomic E-state index is 11.0. The number of nitrogens with two attached hydrogens (primary N) is 1. The Labute approximate surface area is 118 Å². The molecule has 0 spiro atoms. The minimum absolute atomic E-state index is 0.0150. The van der Waals surface area contributed by atoms with Gasteiger partial charge < -0.3 is 15.2 Å². The van der Waals surface area contributed by atoms with Crippen LogP contribution >= 0.6 is 0 Å². The summed E-state index contributed by atoms with van der Waals surface area (Å²) in [6.45, 7) is 4.66. The highest BCUT2D eigenvalue weighted by molar-refractivity contribution is 5.48. The van der Waals surface area contributed by atoms with E-state index < -0.39 is 4.92 Å². The van der Waals surface area contributed by atoms with E-state index in [1.165, 1.54) is 6.07 Å². The SMILES string of the molecule is CC1(C)CCC(COc2ccc(CN)cc2[N+](=O)[O-])O1. The Hall–Kier alpha value is -1.66. The molecule has 110 valence electrons. The van der Waals surface area contributed by atoms with Crippen molar-refractivity contribution in [1.82, 2.24) is 0 Å². The van der Waals surface area contributed by atoms with Crippen molar-refractivity contribution in [3.63, 3.8) is 0 Å². The molecule has 0 aliphatic carbocycles. The van der Waals surface area contributed by atoms with Crippen LogP contribution in [-0.4, -0.2) is 23.2 Å². The van der Waals surface area contributed by atoms with E-state index >= 15 is 0 Å². The Morgan fingerprint density at radius 1 is 1.55 bits per heavy atom. The van der Waals surface area contributed by atoms with Crippen LogP contribution in [0.15, 0.2) is 18.2 Å². The van der Waals surface area contributed by atoms with Gasteiger partial charge >= 0.3 is 5.69 Å². The molecule has 2 rings (SSSR count). The first-order chi connectivity index (χ1) is 9.41. The average molecular weight is 280 g/mol. The molecule has 1 aromatic rings. The molecular weight excluding hydrogens is 260 g/mol. The van der Waals surface area contributed by atoms with Crippen molar-refractivity contribution in [3.05, 3.63) is 33.9 Å². The number of ether oxygens (including phenoxy) is 2. The van der Waals surface area contributed by atoms with Crippen LogP contribution in [0.25, 0.3) is 0 Å². The van der Waals surface area contributed by atoms with E-state index in [1.54, 1.807) is 12.1 Å². The normalized spacial score (nSPS) is 20.9. The van der Waals surface area contributed by atoms with Gasteiger partial charge in [0.1, 0.15) is 6.61 Å². The highest BCUT2D eigenvalue weighted by atomic mass is 16.6. The van der Waals surface area contributed by atoms with Crippen molar-refractivity contribution in [3.8, 4) is 5.75 Å². The van der Waals surface area contributed by atoms with Gasteiger partial charge in [0, 0.05) is 12.6 Å². The van der Waals surface area contributed by atoms with Crippen molar-refractivity contribution >= 4 is 5.69 Å². The Morgan fingerprint density at radius 2 is 2.30 bits per heavy atom. The molecule has 0 amide bonds. The summed E-state index contributed by atoms with van der Waals surface area (Å²) in [5.74, 6) is 0.264. The van der Waals surface area contributed by atoms with E-state index in [1.807, 2.05) is 13.8 Å². The highest BCUT2D eigenvalue weighted by Crippen LogP contribution is 2.32. The standard InChI is InChI=1S/C14H20N2O4/c1-14(2)6-5-11(20-14)9-19-13-4-3-10(8-15)7-12(13)16(17)18/h3-4,7,11H,5-6,8-9,15H2,1-2H3. The fraction of sp³-hybridized carbons (Fsp3) is 0.571. The van der Waals surface area contributed by atoms with Gasteiger partial charge in [0.05, 0.1) is 16.6 Å². The molecule has 0 aromatic heterocycles. The number of nitro benzene ring substituents is 1. The van der Waals surface area contributed by atoms with Gasteiger partial charge in [0.15, 0.2) is 5.75 Å². The lowest BCUT2D eigenvalue weighted by Gasteiger charge is -2.19. The summed E-state index contributed by atoms with van der Waals surface area (Å²) in [6.07, 6.45) is 1.86. The molecule has 1 unspecified atom stereocenters. The Bertz CT molecular complexity index is 502. The zero-order chi connectivity index (χ0) is 14.8. The summed E-state index contributed by atoms with van der Waals surface area (Å²) < 4.78 is 11.4. The van der Waals surface area contributed by atoms with Gasteiger partial charge in [-0.3, -0.25) is 10.1 Å². The molecule has 0 saturated carbocycles. The van der Waals surface area contributed by atoms with Crippen LogP contribution in [0.4, 0.5) is 5.69 Å². The van der Waals surface area contributed by atoms with Crippen LogP contribution in [0.1, 0.15) is 32.3 Å². The molecule has 0 bridgehead atoms. The summed E-state index contributed by atoms with van der Waals surface area (Å²) in [4.78, 5) is 10.6. The number of hydrogen-bond donors (Lipinski definition) is 1. The first-order valence-electron chi connectivity index (χ1n) is 6.69.